The average molecular weight is 124 g/mol. The summed E-state index contributed by atoms with van der Waals surface area (Å²) in [5.41, 5.74) is 2.85. The van der Waals surface area contributed by atoms with Crippen molar-refractivity contribution in [1.29, 1.82) is 0 Å². The summed E-state index contributed by atoms with van der Waals surface area (Å²) in [4.78, 5) is 9.93. The predicted octanol–water partition coefficient (Wildman–Crippen LogP) is 0.0329. The Bertz CT molecular complexity index is 149. The van der Waals surface area contributed by atoms with E-state index in [-0.39, 0.29) is 0 Å². The summed E-state index contributed by atoms with van der Waals surface area (Å²) in [7, 11) is 0. The molecule has 1 aliphatic rings. The van der Waals surface area contributed by atoms with Gasteiger partial charge in [-0.2, -0.15) is 0 Å². The Morgan fingerprint density at radius 1 is 1.56 bits per heavy atom. The van der Waals surface area contributed by atoms with Crippen molar-refractivity contribution in [3.05, 3.63) is 24.6 Å². The Hall–Kier alpha value is -1.25. The minimum Gasteiger partial charge on any atom is -0.306 e. The largest absolute Gasteiger partial charge is 0.306 e. The average Bonchev–Trinajstić information content (AvgIpc) is 1.91. The third-order valence-corrected chi connectivity index (χ3v) is 0.985. The van der Waals surface area contributed by atoms with Crippen LogP contribution in [0, 0.1) is 0 Å². The molecular formula is C6H8N2O. The Kier molecular flexibility index (Phi) is 1.90. The second kappa shape index (κ2) is 2.91. The third-order valence-electron chi connectivity index (χ3n) is 0.985. The Morgan fingerprint density at radius 2 is 2.44 bits per heavy atom. The summed E-state index contributed by atoms with van der Waals surface area (Å²) >= 11 is 0. The zero-order valence-corrected chi connectivity index (χ0v) is 4.95. The van der Waals surface area contributed by atoms with E-state index in [0.717, 1.165) is 6.29 Å². The van der Waals surface area contributed by atoms with Crippen LogP contribution in [0.5, 0.6) is 0 Å². The fourth-order valence-corrected chi connectivity index (χ4v) is 0.585. The van der Waals surface area contributed by atoms with Crippen molar-refractivity contribution in [1.82, 2.24) is 10.4 Å². The van der Waals surface area contributed by atoms with E-state index in [0.29, 0.717) is 6.54 Å². The summed E-state index contributed by atoms with van der Waals surface area (Å²) in [5.74, 6) is 0. The summed E-state index contributed by atoms with van der Waals surface area (Å²) in [6, 6.07) is 0. The molecule has 0 aromatic rings. The van der Waals surface area contributed by atoms with Crippen LogP contribution in [0.25, 0.3) is 0 Å². The zero-order valence-electron chi connectivity index (χ0n) is 4.95. The number of carbonyl (C=O) groups excluding carboxylic acids is 1. The molecule has 0 aliphatic carbocycles. The normalized spacial score (nSPS) is 15.3. The van der Waals surface area contributed by atoms with E-state index >= 15 is 0 Å². The molecule has 0 aromatic carbocycles. The molecular weight excluding hydrogens is 116 g/mol. The van der Waals surface area contributed by atoms with Gasteiger partial charge in [0.1, 0.15) is 6.29 Å². The molecule has 0 fully saturated rings. The minimum absolute atomic E-state index is 0.390. The predicted molar refractivity (Wildman–Crippen MR) is 34.2 cm³/mol. The van der Waals surface area contributed by atoms with E-state index in [1.54, 1.807) is 17.4 Å². The molecule has 0 amide bonds. The van der Waals surface area contributed by atoms with Crippen LogP contribution in [0.1, 0.15) is 0 Å². The van der Waals surface area contributed by atoms with E-state index in [1.807, 2.05) is 12.2 Å². The molecule has 1 N–H and O–H groups in total. The molecule has 0 radical (unpaired) electrons. The van der Waals surface area contributed by atoms with Crippen molar-refractivity contribution in [2.45, 2.75) is 0 Å². The minimum atomic E-state index is 0.390. The molecule has 3 heteroatoms. The molecule has 1 heterocycles. The second-order valence-electron chi connectivity index (χ2n) is 1.65. The van der Waals surface area contributed by atoms with Gasteiger partial charge >= 0.3 is 0 Å². The van der Waals surface area contributed by atoms with E-state index in [2.05, 4.69) is 5.43 Å². The highest BCUT2D eigenvalue weighted by atomic mass is 16.1. The Morgan fingerprint density at radius 3 is 3.00 bits per heavy atom. The number of nitrogens with zero attached hydrogens (tertiary/aromatic N) is 1. The van der Waals surface area contributed by atoms with Crippen molar-refractivity contribution >= 4 is 6.29 Å². The highest BCUT2D eigenvalue weighted by molar-refractivity contribution is 5.52. The van der Waals surface area contributed by atoms with Crippen molar-refractivity contribution in [3.63, 3.8) is 0 Å². The molecule has 48 valence electrons. The molecule has 0 bridgehead atoms. The van der Waals surface area contributed by atoms with Crippen molar-refractivity contribution in [2.75, 3.05) is 6.54 Å². The van der Waals surface area contributed by atoms with Crippen LogP contribution in [-0.2, 0) is 4.79 Å². The first kappa shape index (κ1) is 5.88. The van der Waals surface area contributed by atoms with E-state index in [4.69, 9.17) is 0 Å². The second-order valence-corrected chi connectivity index (χ2v) is 1.65. The van der Waals surface area contributed by atoms with Gasteiger partial charge in [-0.1, -0.05) is 0 Å². The molecule has 0 atom stereocenters. The molecule has 0 spiro atoms. The van der Waals surface area contributed by atoms with Crippen LogP contribution in [-0.4, -0.2) is 17.8 Å². The first-order valence-electron chi connectivity index (χ1n) is 2.73. The van der Waals surface area contributed by atoms with Crippen LogP contribution in [0.3, 0.4) is 0 Å². The molecule has 1 aliphatic heterocycles. The lowest BCUT2D eigenvalue weighted by Gasteiger charge is -2.18. The van der Waals surface area contributed by atoms with Gasteiger partial charge in [-0.25, -0.2) is 0 Å². The lowest BCUT2D eigenvalue weighted by Crippen LogP contribution is -2.31. The van der Waals surface area contributed by atoms with Crippen molar-refractivity contribution in [3.8, 4) is 0 Å². The fraction of sp³-hybridized carbons (Fsp3) is 0.167. The number of hydrogen-bond acceptors (Lipinski definition) is 3. The van der Waals surface area contributed by atoms with Gasteiger partial charge in [0.05, 0.1) is 6.54 Å². The van der Waals surface area contributed by atoms with Crippen molar-refractivity contribution < 1.29 is 4.79 Å². The van der Waals surface area contributed by atoms with Gasteiger partial charge in [0, 0.05) is 12.4 Å². The lowest BCUT2D eigenvalue weighted by molar-refractivity contribution is -0.108. The van der Waals surface area contributed by atoms with Gasteiger partial charge in [-0.3, -0.25) is 5.01 Å². The van der Waals surface area contributed by atoms with Crippen LogP contribution < -0.4 is 5.43 Å². The molecule has 9 heavy (non-hydrogen) atoms. The first-order valence-corrected chi connectivity index (χ1v) is 2.73. The van der Waals surface area contributed by atoms with E-state index in [9.17, 15) is 4.79 Å². The molecule has 0 aromatic heterocycles. The van der Waals surface area contributed by atoms with Gasteiger partial charge < -0.3 is 10.2 Å². The summed E-state index contributed by atoms with van der Waals surface area (Å²) in [6.45, 7) is 0.390. The lowest BCUT2D eigenvalue weighted by atomic mass is 10.5. The first-order chi connectivity index (χ1) is 4.43. The maximum Gasteiger partial charge on any atom is 0.141 e. The highest BCUT2D eigenvalue weighted by Crippen LogP contribution is 1.89. The SMILES string of the molecule is O=CCN1C=CC=CN1. The van der Waals surface area contributed by atoms with E-state index in [1.165, 1.54) is 0 Å². The quantitative estimate of drug-likeness (QED) is 0.527. The standard InChI is InChI=1S/C6H8N2O/c9-6-5-8-4-2-1-3-7-8/h1-4,6-7H,5H2. The maximum atomic E-state index is 9.93. The zero-order chi connectivity index (χ0) is 6.53. The number of hydrogen-bond donors (Lipinski definition) is 1. The highest BCUT2D eigenvalue weighted by Gasteiger charge is 1.93. The third kappa shape index (κ3) is 1.60. The number of carbonyl (C=O) groups is 1. The number of hydrazine groups is 1. The molecule has 0 saturated heterocycles. The van der Waals surface area contributed by atoms with Crippen LogP contribution in [0.2, 0.25) is 0 Å². The number of aldehydes is 1. The summed E-state index contributed by atoms with van der Waals surface area (Å²) < 4.78 is 0. The van der Waals surface area contributed by atoms with Crippen LogP contribution in [0.4, 0.5) is 0 Å². The van der Waals surface area contributed by atoms with Gasteiger partial charge in [-0.15, -0.1) is 0 Å². The molecule has 1 rings (SSSR count). The maximum absolute atomic E-state index is 9.93. The Labute approximate surface area is 53.6 Å². The molecule has 3 nitrogen and oxygen atoms in total. The van der Waals surface area contributed by atoms with Crippen molar-refractivity contribution in [2.24, 2.45) is 0 Å². The number of rotatable bonds is 2. The molecule has 0 saturated carbocycles. The van der Waals surface area contributed by atoms with E-state index < -0.39 is 0 Å². The molecule has 0 unspecified atom stereocenters. The smallest absolute Gasteiger partial charge is 0.141 e. The van der Waals surface area contributed by atoms with Crippen LogP contribution >= 0.6 is 0 Å². The number of nitrogens with one attached hydrogen (secondary N) is 1. The Balaban J connectivity index is 2.36. The topological polar surface area (TPSA) is 32.3 Å². The summed E-state index contributed by atoms with van der Waals surface area (Å²) in [5, 5.41) is 1.69. The number of allylic oxidation sites excluding steroid dienone is 2. The monoisotopic (exact) mass is 124 g/mol. The van der Waals surface area contributed by atoms with Gasteiger partial charge in [-0.05, 0) is 12.2 Å². The van der Waals surface area contributed by atoms with Crippen LogP contribution in [0.15, 0.2) is 24.6 Å². The van der Waals surface area contributed by atoms with Gasteiger partial charge in [0.2, 0.25) is 0 Å². The fourth-order valence-electron chi connectivity index (χ4n) is 0.585. The summed E-state index contributed by atoms with van der Waals surface area (Å²) in [6.07, 6.45) is 8.13. The van der Waals surface area contributed by atoms with Gasteiger partial charge in [0.25, 0.3) is 0 Å². The van der Waals surface area contributed by atoms with Gasteiger partial charge in [0.15, 0.2) is 0 Å².